The van der Waals surface area contributed by atoms with Crippen molar-refractivity contribution in [1.29, 1.82) is 0 Å². The van der Waals surface area contributed by atoms with E-state index in [-0.39, 0.29) is 12.6 Å². The van der Waals surface area contributed by atoms with Crippen LogP contribution >= 0.6 is 27.5 Å². The van der Waals surface area contributed by atoms with Crippen molar-refractivity contribution in [3.8, 4) is 17.1 Å². The standard InChI is InChI=1S/C22H18BrClN2O5/c1-2-29-22(28)15-5-3-14(4-6-15)19-10-8-17(31-19)12-25-26-21(27)13-30-20-9-7-16(24)11-18(20)23/h3-12H,2,13H2,1H3,(H,26,27). The molecule has 31 heavy (non-hydrogen) atoms. The van der Waals surface area contributed by atoms with E-state index in [2.05, 4.69) is 26.5 Å². The van der Waals surface area contributed by atoms with Gasteiger partial charge in [0.2, 0.25) is 0 Å². The molecule has 1 heterocycles. The molecule has 1 N–H and O–H groups in total. The molecule has 0 aliphatic carbocycles. The lowest BCUT2D eigenvalue weighted by atomic mass is 10.1. The smallest absolute Gasteiger partial charge is 0.338 e. The van der Waals surface area contributed by atoms with E-state index in [0.29, 0.717) is 38.9 Å². The number of carbonyl (C=O) groups excluding carboxylic acids is 2. The highest BCUT2D eigenvalue weighted by molar-refractivity contribution is 9.10. The Labute approximate surface area is 192 Å². The van der Waals surface area contributed by atoms with E-state index in [1.165, 1.54) is 6.21 Å². The fourth-order valence-corrected chi connectivity index (χ4v) is 3.30. The van der Waals surface area contributed by atoms with Crippen LogP contribution in [0.3, 0.4) is 0 Å². The fraction of sp³-hybridized carbons (Fsp3) is 0.136. The Kier molecular flexibility index (Phi) is 7.86. The molecule has 1 amide bonds. The average Bonchev–Trinajstić information content (AvgIpc) is 3.22. The minimum absolute atomic E-state index is 0.214. The second kappa shape index (κ2) is 10.8. The van der Waals surface area contributed by atoms with E-state index < -0.39 is 5.91 Å². The van der Waals surface area contributed by atoms with Crippen LogP contribution in [-0.4, -0.2) is 31.3 Å². The second-order valence-electron chi connectivity index (χ2n) is 6.16. The van der Waals surface area contributed by atoms with Gasteiger partial charge in [-0.05, 0) is 65.3 Å². The summed E-state index contributed by atoms with van der Waals surface area (Å²) in [6.45, 7) is 1.86. The topological polar surface area (TPSA) is 90.1 Å². The number of furan rings is 1. The first kappa shape index (κ1) is 22.6. The number of hydrogen-bond acceptors (Lipinski definition) is 6. The van der Waals surface area contributed by atoms with Gasteiger partial charge in [0.05, 0.1) is 22.9 Å². The summed E-state index contributed by atoms with van der Waals surface area (Å²) >= 11 is 9.18. The summed E-state index contributed by atoms with van der Waals surface area (Å²) in [6.07, 6.45) is 1.38. The van der Waals surface area contributed by atoms with Crippen LogP contribution in [0.15, 0.2) is 68.6 Å². The van der Waals surface area contributed by atoms with Gasteiger partial charge < -0.3 is 13.9 Å². The molecule has 9 heteroatoms. The lowest BCUT2D eigenvalue weighted by molar-refractivity contribution is -0.123. The Morgan fingerprint density at radius 3 is 2.65 bits per heavy atom. The first-order valence-corrected chi connectivity index (χ1v) is 10.4. The highest BCUT2D eigenvalue weighted by Crippen LogP contribution is 2.27. The van der Waals surface area contributed by atoms with Gasteiger partial charge in [0.15, 0.2) is 6.61 Å². The van der Waals surface area contributed by atoms with E-state index in [9.17, 15) is 9.59 Å². The monoisotopic (exact) mass is 504 g/mol. The van der Waals surface area contributed by atoms with Gasteiger partial charge in [0, 0.05) is 10.6 Å². The normalized spacial score (nSPS) is 10.8. The zero-order valence-electron chi connectivity index (χ0n) is 16.4. The van der Waals surface area contributed by atoms with Crippen molar-refractivity contribution in [2.75, 3.05) is 13.2 Å². The quantitative estimate of drug-likeness (QED) is 0.262. The molecule has 0 atom stereocenters. The van der Waals surface area contributed by atoms with Crippen LogP contribution in [0.25, 0.3) is 11.3 Å². The molecule has 0 saturated carbocycles. The van der Waals surface area contributed by atoms with E-state index in [4.69, 9.17) is 25.5 Å². The molecule has 0 aliphatic rings. The van der Waals surface area contributed by atoms with Crippen LogP contribution < -0.4 is 10.2 Å². The lowest BCUT2D eigenvalue weighted by Gasteiger charge is -2.07. The van der Waals surface area contributed by atoms with Gasteiger partial charge in [0.25, 0.3) is 5.91 Å². The van der Waals surface area contributed by atoms with Gasteiger partial charge >= 0.3 is 5.97 Å². The van der Waals surface area contributed by atoms with Crippen molar-refractivity contribution in [2.45, 2.75) is 6.92 Å². The number of nitrogens with one attached hydrogen (secondary N) is 1. The molecule has 0 aliphatic heterocycles. The number of benzene rings is 2. The molecule has 0 bridgehead atoms. The highest BCUT2D eigenvalue weighted by atomic mass is 79.9. The van der Waals surface area contributed by atoms with Crippen molar-refractivity contribution in [1.82, 2.24) is 5.43 Å². The molecule has 0 unspecified atom stereocenters. The zero-order chi connectivity index (χ0) is 22.2. The van der Waals surface area contributed by atoms with Gasteiger partial charge in [-0.2, -0.15) is 5.10 Å². The molecule has 0 saturated heterocycles. The van der Waals surface area contributed by atoms with Crippen molar-refractivity contribution in [2.24, 2.45) is 5.10 Å². The minimum atomic E-state index is -0.431. The Morgan fingerprint density at radius 2 is 1.94 bits per heavy atom. The third-order valence-electron chi connectivity index (χ3n) is 3.94. The summed E-state index contributed by atoms with van der Waals surface area (Å²) in [6, 6.07) is 15.3. The Morgan fingerprint density at radius 1 is 1.16 bits per heavy atom. The second-order valence-corrected chi connectivity index (χ2v) is 7.45. The predicted octanol–water partition coefficient (Wildman–Crippen LogP) is 5.07. The van der Waals surface area contributed by atoms with Crippen LogP contribution in [0.1, 0.15) is 23.0 Å². The SMILES string of the molecule is CCOC(=O)c1ccc(-c2ccc(C=NNC(=O)COc3ccc(Cl)cc3Br)o2)cc1. The average molecular weight is 506 g/mol. The number of ether oxygens (including phenoxy) is 2. The van der Waals surface area contributed by atoms with Crippen molar-refractivity contribution >= 4 is 45.6 Å². The maximum atomic E-state index is 11.9. The molecule has 160 valence electrons. The third kappa shape index (κ3) is 6.44. The van der Waals surface area contributed by atoms with Crippen LogP contribution in [0, 0.1) is 0 Å². The maximum Gasteiger partial charge on any atom is 0.338 e. The lowest BCUT2D eigenvalue weighted by Crippen LogP contribution is -2.24. The summed E-state index contributed by atoms with van der Waals surface area (Å²) in [5.74, 6) is 0.738. The van der Waals surface area contributed by atoms with Crippen LogP contribution in [0.4, 0.5) is 0 Å². The highest BCUT2D eigenvalue weighted by Gasteiger charge is 2.09. The summed E-state index contributed by atoms with van der Waals surface area (Å²) in [5.41, 5.74) is 3.62. The summed E-state index contributed by atoms with van der Waals surface area (Å²) in [7, 11) is 0. The number of esters is 1. The minimum Gasteiger partial charge on any atom is -0.483 e. The first-order chi connectivity index (χ1) is 15.0. The molecular weight excluding hydrogens is 488 g/mol. The summed E-state index contributed by atoms with van der Waals surface area (Å²) < 4.78 is 16.7. The van der Waals surface area contributed by atoms with E-state index in [1.807, 2.05) is 0 Å². The molecule has 2 aromatic carbocycles. The predicted molar refractivity (Wildman–Crippen MR) is 120 cm³/mol. The first-order valence-electron chi connectivity index (χ1n) is 9.23. The fourth-order valence-electron chi connectivity index (χ4n) is 2.50. The van der Waals surface area contributed by atoms with Gasteiger partial charge in [-0.25, -0.2) is 10.2 Å². The van der Waals surface area contributed by atoms with E-state index in [0.717, 1.165) is 5.56 Å². The van der Waals surface area contributed by atoms with Crippen molar-refractivity contribution in [3.05, 3.63) is 75.4 Å². The molecular formula is C22H18BrClN2O5. The number of halogens is 2. The molecule has 3 rings (SSSR count). The summed E-state index contributed by atoms with van der Waals surface area (Å²) in [5, 5.41) is 4.42. The van der Waals surface area contributed by atoms with Crippen molar-refractivity contribution in [3.63, 3.8) is 0 Å². The van der Waals surface area contributed by atoms with E-state index in [1.54, 1.807) is 61.5 Å². The van der Waals surface area contributed by atoms with Crippen LogP contribution in [0.5, 0.6) is 5.75 Å². The molecule has 7 nitrogen and oxygen atoms in total. The maximum absolute atomic E-state index is 11.9. The zero-order valence-corrected chi connectivity index (χ0v) is 18.8. The number of carbonyl (C=O) groups is 2. The largest absolute Gasteiger partial charge is 0.483 e. The molecule has 0 spiro atoms. The van der Waals surface area contributed by atoms with Gasteiger partial charge in [-0.15, -0.1) is 0 Å². The number of hydrogen-bond donors (Lipinski definition) is 1. The molecule has 3 aromatic rings. The number of rotatable bonds is 8. The van der Waals surface area contributed by atoms with E-state index >= 15 is 0 Å². The Hall–Kier alpha value is -3.10. The van der Waals surface area contributed by atoms with Gasteiger partial charge in [-0.1, -0.05) is 23.7 Å². The third-order valence-corrected chi connectivity index (χ3v) is 4.80. The Balaban J connectivity index is 1.52. The number of amides is 1. The Bertz CT molecular complexity index is 1100. The molecule has 0 radical (unpaired) electrons. The van der Waals surface area contributed by atoms with Crippen molar-refractivity contribution < 1.29 is 23.5 Å². The number of hydrazone groups is 1. The van der Waals surface area contributed by atoms with Gasteiger partial charge in [0.1, 0.15) is 17.3 Å². The van der Waals surface area contributed by atoms with Crippen LogP contribution in [0.2, 0.25) is 5.02 Å². The molecule has 0 fully saturated rings. The van der Waals surface area contributed by atoms with Gasteiger partial charge in [-0.3, -0.25) is 4.79 Å². The summed E-state index contributed by atoms with van der Waals surface area (Å²) in [4.78, 5) is 23.6. The number of nitrogens with zero attached hydrogens (tertiary/aromatic N) is 1. The van der Waals surface area contributed by atoms with Crippen LogP contribution in [-0.2, 0) is 9.53 Å². The molecule has 1 aromatic heterocycles.